The second-order valence-electron chi connectivity index (χ2n) is 4.27. The molecular weight excluding hydrogens is 230 g/mol. The summed E-state index contributed by atoms with van der Waals surface area (Å²) in [7, 11) is 0. The van der Waals surface area contributed by atoms with Gasteiger partial charge in [0.2, 0.25) is 0 Å². The lowest BCUT2D eigenvalue weighted by molar-refractivity contribution is -0.0900. The van der Waals surface area contributed by atoms with Gasteiger partial charge >= 0.3 is 0 Å². The number of hydrogen-bond donors (Lipinski definition) is 1. The van der Waals surface area contributed by atoms with E-state index in [1.165, 1.54) is 27.5 Å². The highest BCUT2D eigenvalue weighted by molar-refractivity contribution is 7.10. The van der Waals surface area contributed by atoms with E-state index in [9.17, 15) is 0 Å². The summed E-state index contributed by atoms with van der Waals surface area (Å²) in [6, 6.07) is 0. The summed E-state index contributed by atoms with van der Waals surface area (Å²) in [6.45, 7) is 12.3. The molecular formula is C14H27NOS. The highest BCUT2D eigenvalue weighted by atomic mass is 32.1. The van der Waals surface area contributed by atoms with Crippen LogP contribution in [-0.4, -0.2) is 23.4 Å². The molecule has 0 aliphatic heterocycles. The van der Waals surface area contributed by atoms with E-state index in [2.05, 4.69) is 40.0 Å². The van der Waals surface area contributed by atoms with Gasteiger partial charge in [-0.25, -0.2) is 0 Å². The van der Waals surface area contributed by atoms with E-state index in [1.807, 2.05) is 11.3 Å². The molecule has 0 saturated heterocycles. The Morgan fingerprint density at radius 2 is 1.65 bits per heavy atom. The SMILES string of the molecule is CCCN(O)CCC.CCc1scc(C)c1C. The summed E-state index contributed by atoms with van der Waals surface area (Å²) < 4.78 is 0. The number of aryl methyl sites for hydroxylation is 2. The molecule has 1 aromatic rings. The van der Waals surface area contributed by atoms with Crippen LogP contribution in [-0.2, 0) is 6.42 Å². The van der Waals surface area contributed by atoms with Gasteiger partial charge in [0.05, 0.1) is 0 Å². The van der Waals surface area contributed by atoms with Crippen LogP contribution >= 0.6 is 11.3 Å². The number of nitrogens with zero attached hydrogens (tertiary/aromatic N) is 1. The maximum atomic E-state index is 8.88. The van der Waals surface area contributed by atoms with Crippen LogP contribution in [0.15, 0.2) is 5.38 Å². The van der Waals surface area contributed by atoms with Gasteiger partial charge in [-0.1, -0.05) is 20.8 Å². The molecule has 1 heterocycles. The molecule has 0 atom stereocenters. The van der Waals surface area contributed by atoms with Crippen molar-refractivity contribution in [3.8, 4) is 0 Å². The van der Waals surface area contributed by atoms with Crippen molar-refractivity contribution in [2.75, 3.05) is 13.1 Å². The molecule has 0 saturated carbocycles. The van der Waals surface area contributed by atoms with Crippen molar-refractivity contribution < 1.29 is 5.21 Å². The molecule has 0 spiro atoms. The monoisotopic (exact) mass is 257 g/mol. The van der Waals surface area contributed by atoms with Gasteiger partial charge in [-0.2, -0.15) is 5.06 Å². The summed E-state index contributed by atoms with van der Waals surface area (Å²) >= 11 is 1.88. The lowest BCUT2D eigenvalue weighted by atomic mass is 10.2. The number of hydrogen-bond acceptors (Lipinski definition) is 3. The minimum absolute atomic E-state index is 0.799. The van der Waals surface area contributed by atoms with E-state index in [1.54, 1.807) is 0 Å². The fourth-order valence-corrected chi connectivity index (χ4v) is 2.53. The van der Waals surface area contributed by atoms with Crippen LogP contribution in [0.4, 0.5) is 0 Å². The van der Waals surface area contributed by atoms with Gasteiger partial charge in [-0.05, 0) is 49.6 Å². The molecule has 0 bridgehead atoms. The Kier molecular flexibility index (Phi) is 9.41. The van der Waals surface area contributed by atoms with E-state index in [0.717, 1.165) is 25.9 Å². The first-order valence-corrected chi connectivity index (χ1v) is 7.42. The van der Waals surface area contributed by atoms with Crippen LogP contribution in [0.1, 0.15) is 49.6 Å². The molecule has 0 aromatic carbocycles. The summed E-state index contributed by atoms with van der Waals surface area (Å²) in [4.78, 5) is 1.53. The van der Waals surface area contributed by atoms with E-state index in [0.29, 0.717) is 0 Å². The van der Waals surface area contributed by atoms with Gasteiger partial charge in [0.25, 0.3) is 0 Å². The third-order valence-electron chi connectivity index (χ3n) is 2.67. The van der Waals surface area contributed by atoms with Gasteiger partial charge < -0.3 is 5.21 Å². The molecule has 1 N–H and O–H groups in total. The molecule has 2 nitrogen and oxygen atoms in total. The average molecular weight is 257 g/mol. The zero-order valence-corrected chi connectivity index (χ0v) is 12.7. The maximum absolute atomic E-state index is 8.88. The molecule has 0 fully saturated rings. The average Bonchev–Trinajstić information content (AvgIpc) is 2.61. The van der Waals surface area contributed by atoms with Crippen molar-refractivity contribution in [3.05, 3.63) is 21.4 Å². The van der Waals surface area contributed by atoms with Gasteiger partial charge in [0, 0.05) is 18.0 Å². The highest BCUT2D eigenvalue weighted by Crippen LogP contribution is 2.20. The molecule has 1 rings (SSSR count). The normalized spacial score (nSPS) is 10.3. The quantitative estimate of drug-likeness (QED) is 0.789. The van der Waals surface area contributed by atoms with Gasteiger partial charge in [-0.3, -0.25) is 0 Å². The number of hydroxylamine groups is 2. The smallest absolute Gasteiger partial charge is 0.0235 e. The Morgan fingerprint density at radius 3 is 1.88 bits per heavy atom. The third-order valence-corrected chi connectivity index (χ3v) is 4.02. The standard InChI is InChI=1S/C8H12S.C6H15NO/c1-4-8-7(3)6(2)5-9-8;1-3-5-7(8)6-4-2/h5H,4H2,1-3H3;8H,3-6H2,1-2H3. The summed E-state index contributed by atoms with van der Waals surface area (Å²) in [5.74, 6) is 0. The first-order chi connectivity index (χ1) is 8.06. The van der Waals surface area contributed by atoms with Crippen molar-refractivity contribution in [2.45, 2.75) is 53.9 Å². The van der Waals surface area contributed by atoms with E-state index >= 15 is 0 Å². The molecule has 1 aromatic heterocycles. The highest BCUT2D eigenvalue weighted by Gasteiger charge is 1.99. The minimum Gasteiger partial charge on any atom is -0.314 e. The Morgan fingerprint density at radius 1 is 1.12 bits per heavy atom. The van der Waals surface area contributed by atoms with Crippen LogP contribution in [0.25, 0.3) is 0 Å². The molecule has 3 heteroatoms. The largest absolute Gasteiger partial charge is 0.314 e. The van der Waals surface area contributed by atoms with Crippen LogP contribution < -0.4 is 0 Å². The fourth-order valence-electron chi connectivity index (χ4n) is 1.53. The van der Waals surface area contributed by atoms with Crippen molar-refractivity contribution in [1.29, 1.82) is 0 Å². The lowest BCUT2D eigenvalue weighted by Crippen LogP contribution is -2.20. The first kappa shape index (κ1) is 16.6. The number of rotatable bonds is 5. The van der Waals surface area contributed by atoms with Crippen LogP contribution in [0.3, 0.4) is 0 Å². The Labute approximate surface area is 110 Å². The Hall–Kier alpha value is -0.380. The molecule has 17 heavy (non-hydrogen) atoms. The van der Waals surface area contributed by atoms with Crippen molar-refractivity contribution >= 4 is 11.3 Å². The molecule has 100 valence electrons. The summed E-state index contributed by atoms with van der Waals surface area (Å²) in [5, 5.41) is 12.5. The molecule has 0 aliphatic carbocycles. The van der Waals surface area contributed by atoms with Crippen molar-refractivity contribution in [1.82, 2.24) is 5.06 Å². The topological polar surface area (TPSA) is 23.5 Å². The Balaban J connectivity index is 0.000000304. The number of thiophene rings is 1. The van der Waals surface area contributed by atoms with Crippen LogP contribution in [0.5, 0.6) is 0 Å². The second kappa shape index (κ2) is 9.63. The summed E-state index contributed by atoms with van der Waals surface area (Å²) in [5.41, 5.74) is 2.93. The second-order valence-corrected chi connectivity index (χ2v) is 5.24. The van der Waals surface area contributed by atoms with E-state index in [4.69, 9.17) is 5.21 Å². The van der Waals surface area contributed by atoms with Gasteiger partial charge in [0.1, 0.15) is 0 Å². The summed E-state index contributed by atoms with van der Waals surface area (Å²) in [6.07, 6.45) is 3.23. The molecule has 0 amide bonds. The predicted octanol–water partition coefficient (Wildman–Crippen LogP) is 4.42. The van der Waals surface area contributed by atoms with Crippen molar-refractivity contribution in [3.63, 3.8) is 0 Å². The van der Waals surface area contributed by atoms with Crippen LogP contribution in [0, 0.1) is 13.8 Å². The van der Waals surface area contributed by atoms with Gasteiger partial charge in [-0.15, -0.1) is 11.3 Å². The van der Waals surface area contributed by atoms with Crippen LogP contribution in [0.2, 0.25) is 0 Å². The maximum Gasteiger partial charge on any atom is 0.0235 e. The molecule has 0 aliphatic rings. The third kappa shape index (κ3) is 6.81. The zero-order chi connectivity index (χ0) is 13.3. The fraction of sp³-hybridized carbons (Fsp3) is 0.714. The molecule has 0 unspecified atom stereocenters. The lowest BCUT2D eigenvalue weighted by Gasteiger charge is -2.10. The minimum atomic E-state index is 0.799. The molecule has 0 radical (unpaired) electrons. The Bertz CT molecular complexity index is 290. The van der Waals surface area contributed by atoms with Gasteiger partial charge in [0.15, 0.2) is 0 Å². The van der Waals surface area contributed by atoms with E-state index < -0.39 is 0 Å². The predicted molar refractivity (Wildman–Crippen MR) is 77.1 cm³/mol. The van der Waals surface area contributed by atoms with Crippen molar-refractivity contribution in [2.24, 2.45) is 0 Å². The zero-order valence-electron chi connectivity index (χ0n) is 11.9. The van der Waals surface area contributed by atoms with E-state index in [-0.39, 0.29) is 0 Å². The first-order valence-electron chi connectivity index (χ1n) is 6.54.